The van der Waals surface area contributed by atoms with Crippen molar-refractivity contribution in [1.29, 1.82) is 0 Å². The first-order valence-corrected chi connectivity index (χ1v) is 8.54. The van der Waals surface area contributed by atoms with E-state index in [0.717, 1.165) is 0 Å². The number of nitrogens with zero attached hydrogens (tertiary/aromatic N) is 3. The number of piperazine rings is 1. The average Bonchev–Trinajstić information content (AvgIpc) is 2.76. The van der Waals surface area contributed by atoms with E-state index in [-0.39, 0.29) is 16.5 Å². The minimum absolute atomic E-state index is 0.158. The summed E-state index contributed by atoms with van der Waals surface area (Å²) in [6.45, 7) is 3.61. The van der Waals surface area contributed by atoms with Gasteiger partial charge in [0.05, 0.1) is 10.4 Å². The van der Waals surface area contributed by atoms with Crippen LogP contribution in [0.2, 0.25) is 0 Å². The van der Waals surface area contributed by atoms with Crippen LogP contribution < -0.4 is 5.76 Å². The molecule has 0 bridgehead atoms. The van der Waals surface area contributed by atoms with E-state index in [1.165, 1.54) is 21.0 Å². The van der Waals surface area contributed by atoms with Crippen LogP contribution in [-0.4, -0.2) is 54.9 Å². The van der Waals surface area contributed by atoms with Crippen LogP contribution in [0.5, 0.6) is 0 Å². The number of rotatable bonds is 2. The Hall–Kier alpha value is -1.64. The molecule has 1 aliphatic rings. The van der Waals surface area contributed by atoms with Crippen molar-refractivity contribution in [2.75, 3.05) is 26.7 Å². The van der Waals surface area contributed by atoms with Gasteiger partial charge in [-0.25, -0.2) is 13.2 Å². The highest BCUT2D eigenvalue weighted by Crippen LogP contribution is 2.23. The number of aryl methyl sites for hydroxylation is 1. The normalized spacial score (nSPS) is 21.5. The average molecular weight is 325 g/mol. The van der Waals surface area contributed by atoms with Crippen molar-refractivity contribution in [1.82, 2.24) is 13.8 Å². The summed E-state index contributed by atoms with van der Waals surface area (Å²) in [4.78, 5) is 13.8. The molecule has 1 atom stereocenters. The molecule has 7 nitrogen and oxygen atoms in total. The zero-order valence-corrected chi connectivity index (χ0v) is 13.6. The summed E-state index contributed by atoms with van der Waals surface area (Å²) in [6, 6.07) is 4.72. The number of likely N-dealkylation sites (N-methyl/N-ethyl adjacent to an activating group) is 1. The third-order valence-corrected chi connectivity index (χ3v) is 6.19. The molecule has 1 fully saturated rings. The van der Waals surface area contributed by atoms with E-state index >= 15 is 0 Å². The molecular weight excluding hydrogens is 306 g/mol. The van der Waals surface area contributed by atoms with E-state index in [1.54, 1.807) is 13.1 Å². The summed E-state index contributed by atoms with van der Waals surface area (Å²) >= 11 is 0. The lowest BCUT2D eigenvalue weighted by Gasteiger charge is -2.36. The van der Waals surface area contributed by atoms with E-state index in [4.69, 9.17) is 4.42 Å². The van der Waals surface area contributed by atoms with Crippen LogP contribution >= 0.6 is 0 Å². The molecule has 1 saturated heterocycles. The highest BCUT2D eigenvalue weighted by molar-refractivity contribution is 7.89. The standard InChI is InChI=1S/C14H19N3O4S/c1-10-9-17(7-6-15(10)2)22(19,20)11-4-5-12-13(8-11)21-14(18)16(12)3/h4-5,8,10H,6-7,9H2,1-3H3. The van der Waals surface area contributed by atoms with Gasteiger partial charge in [0.2, 0.25) is 10.0 Å². The summed E-state index contributed by atoms with van der Waals surface area (Å²) in [5.74, 6) is -0.502. The fourth-order valence-corrected chi connectivity index (χ4v) is 4.19. The van der Waals surface area contributed by atoms with Crippen molar-refractivity contribution in [3.8, 4) is 0 Å². The van der Waals surface area contributed by atoms with Crippen LogP contribution in [-0.2, 0) is 17.1 Å². The maximum absolute atomic E-state index is 12.8. The Morgan fingerprint density at radius 3 is 2.64 bits per heavy atom. The fraction of sp³-hybridized carbons (Fsp3) is 0.500. The molecule has 1 aromatic carbocycles. The fourth-order valence-electron chi connectivity index (χ4n) is 2.66. The van der Waals surface area contributed by atoms with Crippen molar-refractivity contribution in [3.63, 3.8) is 0 Å². The van der Waals surface area contributed by atoms with Crippen LogP contribution in [0.1, 0.15) is 6.92 Å². The van der Waals surface area contributed by atoms with Crippen molar-refractivity contribution < 1.29 is 12.8 Å². The zero-order valence-electron chi connectivity index (χ0n) is 12.8. The van der Waals surface area contributed by atoms with Gasteiger partial charge >= 0.3 is 5.76 Å². The minimum atomic E-state index is -3.58. The Bertz CT molecular complexity index is 868. The van der Waals surface area contributed by atoms with Gasteiger partial charge in [-0.05, 0) is 26.1 Å². The molecule has 1 aliphatic heterocycles. The molecular formula is C14H19N3O4S. The number of hydrogen-bond donors (Lipinski definition) is 0. The maximum Gasteiger partial charge on any atom is 0.419 e. The van der Waals surface area contributed by atoms with E-state index in [0.29, 0.717) is 25.2 Å². The van der Waals surface area contributed by atoms with E-state index in [2.05, 4.69) is 4.90 Å². The lowest BCUT2D eigenvalue weighted by Crippen LogP contribution is -2.51. The van der Waals surface area contributed by atoms with E-state index in [1.807, 2.05) is 14.0 Å². The first kappa shape index (κ1) is 15.3. The maximum atomic E-state index is 12.8. The summed E-state index contributed by atoms with van der Waals surface area (Å²) in [5, 5.41) is 0. The molecule has 22 heavy (non-hydrogen) atoms. The lowest BCUT2D eigenvalue weighted by atomic mass is 10.2. The molecule has 3 rings (SSSR count). The minimum Gasteiger partial charge on any atom is -0.408 e. The predicted molar refractivity (Wildman–Crippen MR) is 82.3 cm³/mol. The van der Waals surface area contributed by atoms with Crippen LogP contribution in [0.25, 0.3) is 11.1 Å². The molecule has 2 heterocycles. The number of hydrogen-bond acceptors (Lipinski definition) is 5. The zero-order chi connectivity index (χ0) is 16.1. The third-order valence-electron chi connectivity index (χ3n) is 4.32. The van der Waals surface area contributed by atoms with Gasteiger partial charge in [0, 0.05) is 38.8 Å². The van der Waals surface area contributed by atoms with Gasteiger partial charge in [0.15, 0.2) is 5.58 Å². The number of sulfonamides is 1. The molecule has 2 aromatic rings. The molecule has 0 spiro atoms. The molecule has 1 unspecified atom stereocenters. The monoisotopic (exact) mass is 325 g/mol. The van der Waals surface area contributed by atoms with Crippen LogP contribution in [0.3, 0.4) is 0 Å². The second-order valence-electron chi connectivity index (χ2n) is 5.75. The predicted octanol–water partition coefficient (Wildman–Crippen LogP) is 0.456. The summed E-state index contributed by atoms with van der Waals surface area (Å²) in [7, 11) is -0.00485. The number of aromatic nitrogens is 1. The van der Waals surface area contributed by atoms with Gasteiger partial charge in [-0.2, -0.15) is 4.31 Å². The van der Waals surface area contributed by atoms with Gasteiger partial charge < -0.3 is 9.32 Å². The quantitative estimate of drug-likeness (QED) is 0.802. The van der Waals surface area contributed by atoms with Crippen molar-refractivity contribution in [2.24, 2.45) is 7.05 Å². The van der Waals surface area contributed by atoms with Crippen molar-refractivity contribution in [2.45, 2.75) is 17.9 Å². The Morgan fingerprint density at radius 2 is 1.95 bits per heavy atom. The molecule has 0 amide bonds. The van der Waals surface area contributed by atoms with Gasteiger partial charge in [-0.1, -0.05) is 0 Å². The summed E-state index contributed by atoms with van der Waals surface area (Å²) in [5.41, 5.74) is 0.867. The molecule has 1 aromatic heterocycles. The lowest BCUT2D eigenvalue weighted by molar-refractivity contribution is 0.159. The highest BCUT2D eigenvalue weighted by Gasteiger charge is 2.31. The SMILES string of the molecule is CC1CN(S(=O)(=O)c2ccc3c(c2)oc(=O)n3C)CCN1C. The van der Waals surface area contributed by atoms with Gasteiger partial charge in [0.1, 0.15) is 0 Å². The summed E-state index contributed by atoms with van der Waals surface area (Å²) < 4.78 is 33.4. The number of oxazole rings is 1. The summed E-state index contributed by atoms with van der Waals surface area (Å²) in [6.07, 6.45) is 0. The van der Waals surface area contributed by atoms with Gasteiger partial charge in [-0.3, -0.25) is 4.57 Å². The number of benzene rings is 1. The Labute approximate surface area is 128 Å². The van der Waals surface area contributed by atoms with Crippen LogP contribution in [0.4, 0.5) is 0 Å². The van der Waals surface area contributed by atoms with Crippen LogP contribution in [0.15, 0.2) is 32.3 Å². The first-order chi connectivity index (χ1) is 10.3. The van der Waals surface area contributed by atoms with Crippen molar-refractivity contribution in [3.05, 3.63) is 28.7 Å². The molecule has 0 saturated carbocycles. The molecule has 8 heteroatoms. The molecule has 120 valence electrons. The second-order valence-corrected chi connectivity index (χ2v) is 7.69. The largest absolute Gasteiger partial charge is 0.419 e. The molecule has 0 aliphatic carbocycles. The topological polar surface area (TPSA) is 75.8 Å². The van der Waals surface area contributed by atoms with Gasteiger partial charge in [0.25, 0.3) is 0 Å². The van der Waals surface area contributed by atoms with E-state index in [9.17, 15) is 13.2 Å². The highest BCUT2D eigenvalue weighted by atomic mass is 32.2. The first-order valence-electron chi connectivity index (χ1n) is 7.10. The Morgan fingerprint density at radius 1 is 1.23 bits per heavy atom. The second kappa shape index (κ2) is 5.22. The van der Waals surface area contributed by atoms with Crippen LogP contribution in [0, 0.1) is 0 Å². The van der Waals surface area contributed by atoms with Gasteiger partial charge in [-0.15, -0.1) is 0 Å². The number of fused-ring (bicyclic) bond motifs is 1. The smallest absolute Gasteiger partial charge is 0.408 e. The molecule has 0 radical (unpaired) electrons. The Balaban J connectivity index is 2.00. The third kappa shape index (κ3) is 2.37. The van der Waals surface area contributed by atoms with Crippen molar-refractivity contribution >= 4 is 21.1 Å². The molecule has 0 N–H and O–H groups in total. The van der Waals surface area contributed by atoms with E-state index < -0.39 is 15.8 Å². The Kier molecular flexibility index (Phi) is 3.62.